The van der Waals surface area contributed by atoms with Gasteiger partial charge in [0.1, 0.15) is 52.6 Å². The van der Waals surface area contributed by atoms with Crippen molar-refractivity contribution in [3.05, 3.63) is 153 Å². The lowest BCUT2D eigenvalue weighted by Crippen LogP contribution is -2.33. The van der Waals surface area contributed by atoms with Gasteiger partial charge in [-0.3, -0.25) is 0 Å². The van der Waals surface area contributed by atoms with Crippen molar-refractivity contribution in [2.45, 2.75) is 26.2 Å². The van der Waals surface area contributed by atoms with Gasteiger partial charge in [0.2, 0.25) is 12.7 Å². The molecule has 0 aliphatic rings. The Kier molecular flexibility index (Phi) is 32.3. The van der Waals surface area contributed by atoms with Gasteiger partial charge in [-0.2, -0.15) is 0 Å². The van der Waals surface area contributed by atoms with E-state index in [1.165, 1.54) is 0 Å². The molecular weight excluding hydrogens is 1160 g/mol. The third kappa shape index (κ3) is 24.0. The van der Waals surface area contributed by atoms with Gasteiger partial charge in [0.25, 0.3) is 0 Å². The molecule has 0 saturated carbocycles. The predicted molar refractivity (Wildman–Crippen MR) is 334 cm³/mol. The first-order valence-corrected chi connectivity index (χ1v) is 30.0. The Labute approximate surface area is 524 Å². The number of benzene rings is 5. The average Bonchev–Trinajstić information content (AvgIpc) is 2.15. The first-order chi connectivity index (χ1) is 44.4. The van der Waals surface area contributed by atoms with E-state index in [1.54, 1.807) is 52.7 Å². The average molecular weight is 1250 g/mol. The Balaban J connectivity index is 1.22. The van der Waals surface area contributed by atoms with Crippen LogP contribution in [0.25, 0.3) is 43.0 Å². The fraction of sp³-hybridized carbons (Fsp3) is 0.500. The Morgan fingerprint density at radius 3 is 0.922 bits per heavy atom. The second-order valence-electron chi connectivity index (χ2n) is 20.1. The maximum atomic E-state index is 9.13. The fourth-order valence-corrected chi connectivity index (χ4v) is 9.30. The number of rotatable bonds is 50. The first kappa shape index (κ1) is 69.8. The summed E-state index contributed by atoms with van der Waals surface area (Å²) < 4.78 is 101. The number of methoxy groups -OCH3 is 4. The van der Waals surface area contributed by atoms with Crippen molar-refractivity contribution in [1.29, 1.82) is 0 Å². The molecule has 0 amide bonds. The monoisotopic (exact) mass is 1250 g/mol. The molecule has 0 saturated heterocycles. The Morgan fingerprint density at radius 1 is 0.356 bits per heavy atom. The molecule has 7 rings (SSSR count). The highest BCUT2D eigenvalue weighted by Crippen LogP contribution is 2.35. The molecule has 0 aliphatic heterocycles. The summed E-state index contributed by atoms with van der Waals surface area (Å²) >= 11 is 0. The van der Waals surface area contributed by atoms with Crippen LogP contribution in [0, 0.1) is 0 Å². The van der Waals surface area contributed by atoms with Gasteiger partial charge in [0, 0.05) is 85.0 Å². The summed E-state index contributed by atoms with van der Waals surface area (Å²) in [4.78, 5) is 5.94. The molecule has 0 unspecified atom stereocenters. The van der Waals surface area contributed by atoms with Crippen molar-refractivity contribution in [2.75, 3.05) is 187 Å². The number of ether oxygens (including phenoxy) is 16. The minimum Gasteiger partial charge on any atom is -0.487 e. The molecule has 0 fully saturated rings. The smallest absolute Gasteiger partial charge is 0.245 e. The van der Waals surface area contributed by atoms with Gasteiger partial charge < -0.3 is 75.8 Å². The molecule has 486 valence electrons. The van der Waals surface area contributed by atoms with Crippen LogP contribution >= 0.6 is 0 Å². The summed E-state index contributed by atoms with van der Waals surface area (Å²) in [5.41, 5.74) is 27.0. The van der Waals surface area contributed by atoms with Gasteiger partial charge in [-0.1, -0.05) is 83.0 Å². The molecule has 0 aliphatic carbocycles. The molecular formula is C64H86N10O16+2. The zero-order chi connectivity index (χ0) is 63.1. The van der Waals surface area contributed by atoms with Gasteiger partial charge in [-0.15, -0.1) is 0 Å². The highest BCUT2D eigenvalue weighted by Gasteiger charge is 2.25. The molecule has 26 heteroatoms. The van der Waals surface area contributed by atoms with E-state index in [4.69, 9.17) is 86.9 Å². The van der Waals surface area contributed by atoms with E-state index in [9.17, 15) is 0 Å². The van der Waals surface area contributed by atoms with Crippen LogP contribution in [0.3, 0.4) is 0 Å². The van der Waals surface area contributed by atoms with Crippen molar-refractivity contribution in [3.8, 4) is 23.0 Å². The van der Waals surface area contributed by atoms with E-state index in [0.717, 1.165) is 44.3 Å². The number of hydrogen-bond donors (Lipinski definition) is 0. The van der Waals surface area contributed by atoms with Gasteiger partial charge in [0.15, 0.2) is 45.1 Å². The summed E-state index contributed by atoms with van der Waals surface area (Å²) in [6.45, 7) is 11.5. The van der Waals surface area contributed by atoms with E-state index in [1.807, 2.05) is 48.5 Å². The molecule has 5 aromatic carbocycles. The number of fused-ring (bicyclic) bond motifs is 2. The van der Waals surface area contributed by atoms with Crippen molar-refractivity contribution in [3.63, 3.8) is 0 Å². The van der Waals surface area contributed by atoms with Crippen molar-refractivity contribution in [1.82, 2.24) is 9.13 Å². The maximum absolute atomic E-state index is 9.13. The lowest BCUT2D eigenvalue weighted by molar-refractivity contribution is -0.663. The number of aromatic nitrogens is 4. The van der Waals surface area contributed by atoms with E-state index in [0.29, 0.717) is 193 Å². The molecule has 0 spiro atoms. The van der Waals surface area contributed by atoms with Crippen LogP contribution in [0.2, 0.25) is 0 Å². The van der Waals surface area contributed by atoms with Gasteiger partial charge in [0.05, 0.1) is 132 Å². The van der Waals surface area contributed by atoms with Crippen LogP contribution in [0.15, 0.2) is 120 Å². The zero-order valence-corrected chi connectivity index (χ0v) is 52.2. The van der Waals surface area contributed by atoms with Crippen LogP contribution in [-0.2, 0) is 83.0 Å². The molecule has 0 N–H and O–H groups in total. The third-order valence-corrected chi connectivity index (χ3v) is 13.7. The van der Waals surface area contributed by atoms with Gasteiger partial charge in [-0.25, -0.2) is 18.3 Å². The molecule has 26 nitrogen and oxygen atoms in total. The summed E-state index contributed by atoms with van der Waals surface area (Å²) in [5.74, 6) is 2.15. The van der Waals surface area contributed by atoms with Crippen LogP contribution in [0.5, 0.6) is 23.0 Å². The quantitative estimate of drug-likeness (QED) is 0.0114. The number of azide groups is 2. The molecule has 90 heavy (non-hydrogen) atoms. The molecule has 0 bridgehead atoms. The summed E-state index contributed by atoms with van der Waals surface area (Å²) in [6, 6.07) is 31.5. The summed E-state index contributed by atoms with van der Waals surface area (Å²) in [5, 5.41) is 7.59. The molecule has 2 aromatic heterocycles. The second kappa shape index (κ2) is 41.6. The Morgan fingerprint density at radius 2 is 0.633 bits per heavy atom. The SMILES string of the molecule is COCCOCCOCCOc1cc2c(cc1OCCOCCOCCOC)[n+](Cc1ccc(N=[N+]=[N-])cc1)cn2Cc1ccccc1Cn1c[n+](Cc2ccc(N=[N+]=[N-])cc2)c2cc(OCCOCCOCCOC)c(OCCOCCOCCOC)cc21. The van der Waals surface area contributed by atoms with E-state index in [2.05, 4.69) is 75.2 Å². The minimum atomic E-state index is 0.252. The standard InChI is InChI=1S/C64H86N10O16/c1-75-17-21-79-25-29-83-33-37-87-61-41-57-59(43-63(61)89-39-35-85-31-27-81-23-19-77-3)73(49-71(57)45-51-9-13-55(14-10-51)67-69-65)47-53-7-5-6-8-54(53)48-74-50-72(46-52-11-15-56(16-12-52)68-70-66)58-42-62(88-38-34-84-30-26-80-22-18-76-2)64(44-60(58)74)90-40-36-86-32-28-82-24-20-78-4/h5-16,41-44,49-50H,17-40,45-48H2,1-4H3/q+2. The van der Waals surface area contributed by atoms with Crippen LogP contribution in [0.1, 0.15) is 22.3 Å². The molecule has 2 heterocycles. The highest BCUT2D eigenvalue weighted by atomic mass is 16.6. The van der Waals surface area contributed by atoms with Gasteiger partial charge in [-0.05, 0) is 22.2 Å². The van der Waals surface area contributed by atoms with Gasteiger partial charge >= 0.3 is 0 Å². The van der Waals surface area contributed by atoms with E-state index in [-0.39, 0.29) is 26.4 Å². The molecule has 7 aromatic rings. The van der Waals surface area contributed by atoms with Crippen LogP contribution < -0.4 is 28.1 Å². The lowest BCUT2D eigenvalue weighted by atomic mass is 10.1. The zero-order valence-electron chi connectivity index (χ0n) is 52.2. The summed E-state index contributed by atoms with van der Waals surface area (Å²) in [6.07, 6.45) is 4.21. The molecule has 0 radical (unpaired) electrons. The van der Waals surface area contributed by atoms with E-state index < -0.39 is 0 Å². The van der Waals surface area contributed by atoms with Crippen molar-refractivity contribution < 1.29 is 84.9 Å². The number of imidazole rings is 2. The number of hydrogen-bond acceptors (Lipinski definition) is 18. The Bertz CT molecular complexity index is 3050. The van der Waals surface area contributed by atoms with E-state index >= 15 is 0 Å². The van der Waals surface area contributed by atoms with Crippen LogP contribution in [0.4, 0.5) is 11.4 Å². The van der Waals surface area contributed by atoms with Crippen molar-refractivity contribution in [2.24, 2.45) is 10.2 Å². The van der Waals surface area contributed by atoms with Crippen LogP contribution in [-0.4, -0.2) is 196 Å². The summed E-state index contributed by atoms with van der Waals surface area (Å²) in [7, 11) is 6.55. The highest BCUT2D eigenvalue weighted by molar-refractivity contribution is 5.78. The Hall–Kier alpha value is -7.62. The largest absolute Gasteiger partial charge is 0.487 e. The second-order valence-corrected chi connectivity index (χ2v) is 20.1. The lowest BCUT2D eigenvalue weighted by Gasteiger charge is -2.14. The van der Waals surface area contributed by atoms with Crippen molar-refractivity contribution >= 4 is 33.4 Å². The number of nitrogens with zero attached hydrogens (tertiary/aromatic N) is 10. The minimum absolute atomic E-state index is 0.252. The predicted octanol–water partition coefficient (Wildman–Crippen LogP) is 8.48. The normalized spacial score (nSPS) is 11.3. The maximum Gasteiger partial charge on any atom is 0.245 e. The first-order valence-electron chi connectivity index (χ1n) is 30.0. The topological polar surface area (TPSA) is 263 Å². The third-order valence-electron chi connectivity index (χ3n) is 13.7. The fourth-order valence-electron chi connectivity index (χ4n) is 9.30. The molecule has 0 atom stereocenters.